The van der Waals surface area contributed by atoms with Crippen molar-refractivity contribution in [3.63, 3.8) is 0 Å². The van der Waals surface area contributed by atoms with E-state index in [1.165, 1.54) is 56.4 Å². The van der Waals surface area contributed by atoms with E-state index in [1.807, 2.05) is 0 Å². The number of nitrogens with zero attached hydrogens (tertiary/aromatic N) is 1. The van der Waals surface area contributed by atoms with E-state index in [0.717, 1.165) is 19.3 Å². The molecule has 1 aromatic rings. The lowest BCUT2D eigenvalue weighted by Gasteiger charge is -2.03. The molecule has 0 amide bonds. The van der Waals surface area contributed by atoms with Crippen LogP contribution in [0.25, 0.3) is 0 Å². The summed E-state index contributed by atoms with van der Waals surface area (Å²) in [7, 11) is -4.16. The Labute approximate surface area is 133 Å². The number of hydrogen-bond donors (Lipinski definition) is 2. The number of hydrogen-bond acceptors (Lipinski definition) is 3. The molecular formula is C16H26N2O3S. The zero-order valence-corrected chi connectivity index (χ0v) is 14.0. The molecule has 0 fully saturated rings. The molecule has 0 saturated heterocycles. The Morgan fingerprint density at radius 1 is 1.05 bits per heavy atom. The van der Waals surface area contributed by atoms with Gasteiger partial charge in [-0.3, -0.25) is 4.55 Å². The first-order chi connectivity index (χ1) is 10.4. The first-order valence-electron chi connectivity index (χ1n) is 7.84. The van der Waals surface area contributed by atoms with E-state index in [4.69, 9.17) is 10.3 Å². The maximum atomic E-state index is 10.9. The summed E-state index contributed by atoms with van der Waals surface area (Å²) in [5, 5.41) is 0. The highest BCUT2D eigenvalue weighted by Gasteiger charge is 2.08. The molecule has 0 aliphatic carbocycles. The molecule has 0 atom stereocenters. The Kier molecular flexibility index (Phi) is 8.12. The first-order valence-corrected chi connectivity index (χ1v) is 9.28. The smallest absolute Gasteiger partial charge is 0.294 e. The standard InChI is InChI=1S/C16H26N2O3S/c1-2-3-4-5-6-7-8-9-16(17)18-14-10-12-15(13-11-14)22(19,20)21/h10-13H,2-9H2,1H3,(H2,17,18)(H,19,20,21). The zero-order valence-electron chi connectivity index (χ0n) is 13.2. The van der Waals surface area contributed by atoms with Gasteiger partial charge in [-0.2, -0.15) is 8.42 Å². The van der Waals surface area contributed by atoms with Crippen molar-refractivity contribution in [1.82, 2.24) is 0 Å². The van der Waals surface area contributed by atoms with Gasteiger partial charge in [-0.25, -0.2) is 4.99 Å². The molecule has 0 aliphatic rings. The van der Waals surface area contributed by atoms with Gasteiger partial charge in [0.25, 0.3) is 10.1 Å². The van der Waals surface area contributed by atoms with Gasteiger partial charge in [-0.15, -0.1) is 0 Å². The number of rotatable bonds is 10. The highest BCUT2D eigenvalue weighted by Crippen LogP contribution is 2.17. The highest BCUT2D eigenvalue weighted by atomic mass is 32.2. The van der Waals surface area contributed by atoms with Gasteiger partial charge in [0.15, 0.2) is 0 Å². The summed E-state index contributed by atoms with van der Waals surface area (Å²) in [6.45, 7) is 2.21. The van der Waals surface area contributed by atoms with Crippen molar-refractivity contribution < 1.29 is 13.0 Å². The van der Waals surface area contributed by atoms with Crippen LogP contribution in [-0.4, -0.2) is 18.8 Å². The molecule has 0 radical (unpaired) electrons. The Hall–Kier alpha value is -1.40. The maximum absolute atomic E-state index is 10.9. The molecule has 0 aliphatic heterocycles. The van der Waals surface area contributed by atoms with Crippen LogP contribution < -0.4 is 5.73 Å². The van der Waals surface area contributed by atoms with Crippen LogP contribution in [0.15, 0.2) is 34.2 Å². The number of nitrogens with two attached hydrogens (primary N) is 1. The predicted molar refractivity (Wildman–Crippen MR) is 90.1 cm³/mol. The van der Waals surface area contributed by atoms with E-state index in [1.54, 1.807) is 0 Å². The Morgan fingerprint density at radius 3 is 2.14 bits per heavy atom. The van der Waals surface area contributed by atoms with Crippen LogP contribution in [0, 0.1) is 0 Å². The second kappa shape index (κ2) is 9.58. The quantitative estimate of drug-likeness (QED) is 0.293. The maximum Gasteiger partial charge on any atom is 0.294 e. The molecular weight excluding hydrogens is 300 g/mol. The fraction of sp³-hybridized carbons (Fsp3) is 0.562. The van der Waals surface area contributed by atoms with Crippen LogP contribution in [0.4, 0.5) is 5.69 Å². The van der Waals surface area contributed by atoms with Crippen molar-refractivity contribution in [2.45, 2.75) is 63.2 Å². The van der Waals surface area contributed by atoms with E-state index in [0.29, 0.717) is 11.5 Å². The summed E-state index contributed by atoms with van der Waals surface area (Å²) in [6.07, 6.45) is 9.30. The molecule has 0 spiro atoms. The molecule has 5 nitrogen and oxygen atoms in total. The second-order valence-electron chi connectivity index (χ2n) is 5.44. The second-order valence-corrected chi connectivity index (χ2v) is 6.86. The van der Waals surface area contributed by atoms with Crippen LogP contribution >= 0.6 is 0 Å². The van der Waals surface area contributed by atoms with Crippen molar-refractivity contribution in [3.8, 4) is 0 Å². The lowest BCUT2D eigenvalue weighted by atomic mass is 10.1. The number of amidine groups is 1. The number of benzene rings is 1. The van der Waals surface area contributed by atoms with Gasteiger partial charge in [0, 0.05) is 6.42 Å². The van der Waals surface area contributed by atoms with Crippen molar-refractivity contribution in [1.29, 1.82) is 0 Å². The van der Waals surface area contributed by atoms with Crippen LogP contribution in [0.3, 0.4) is 0 Å². The Morgan fingerprint density at radius 2 is 1.59 bits per heavy atom. The SMILES string of the molecule is CCCCCCCCCC(N)=Nc1ccc(S(=O)(=O)O)cc1. The highest BCUT2D eigenvalue weighted by molar-refractivity contribution is 7.85. The van der Waals surface area contributed by atoms with Crippen molar-refractivity contribution in [2.24, 2.45) is 10.7 Å². The number of unbranched alkanes of at least 4 members (excludes halogenated alkanes) is 6. The molecule has 0 bridgehead atoms. The Balaban J connectivity index is 2.36. The van der Waals surface area contributed by atoms with E-state index in [9.17, 15) is 8.42 Å². The summed E-state index contributed by atoms with van der Waals surface area (Å²) in [5.74, 6) is 0.549. The normalized spacial score (nSPS) is 12.5. The monoisotopic (exact) mass is 326 g/mol. The van der Waals surface area contributed by atoms with Gasteiger partial charge in [0.2, 0.25) is 0 Å². The summed E-state index contributed by atoms with van der Waals surface area (Å²) in [6, 6.07) is 5.69. The minimum Gasteiger partial charge on any atom is -0.387 e. The third kappa shape index (κ3) is 7.56. The minimum absolute atomic E-state index is 0.142. The fourth-order valence-electron chi connectivity index (χ4n) is 2.18. The van der Waals surface area contributed by atoms with Gasteiger partial charge in [-0.1, -0.05) is 45.4 Å². The molecule has 0 saturated carbocycles. The van der Waals surface area contributed by atoms with E-state index in [-0.39, 0.29) is 4.90 Å². The first kappa shape index (κ1) is 18.6. The zero-order chi connectivity index (χ0) is 16.4. The molecule has 1 aromatic carbocycles. The number of aliphatic imine (C=N–C) groups is 1. The summed E-state index contributed by atoms with van der Waals surface area (Å²) in [5.41, 5.74) is 6.46. The summed E-state index contributed by atoms with van der Waals surface area (Å²) < 4.78 is 30.8. The van der Waals surface area contributed by atoms with Crippen molar-refractivity contribution in [2.75, 3.05) is 0 Å². The molecule has 3 N–H and O–H groups in total. The minimum atomic E-state index is -4.16. The molecule has 1 rings (SSSR count). The van der Waals surface area contributed by atoms with E-state index in [2.05, 4.69) is 11.9 Å². The molecule has 0 unspecified atom stereocenters. The van der Waals surface area contributed by atoms with Gasteiger partial charge >= 0.3 is 0 Å². The largest absolute Gasteiger partial charge is 0.387 e. The van der Waals surface area contributed by atoms with E-state index >= 15 is 0 Å². The lowest BCUT2D eigenvalue weighted by molar-refractivity contribution is 0.483. The average Bonchev–Trinajstić information content (AvgIpc) is 2.46. The molecule has 124 valence electrons. The van der Waals surface area contributed by atoms with Crippen LogP contribution in [0.2, 0.25) is 0 Å². The van der Waals surface area contributed by atoms with Crippen molar-refractivity contribution >= 4 is 21.6 Å². The lowest BCUT2D eigenvalue weighted by Crippen LogP contribution is -2.10. The molecule has 0 aromatic heterocycles. The van der Waals surface area contributed by atoms with Crippen LogP contribution in [-0.2, 0) is 10.1 Å². The van der Waals surface area contributed by atoms with Gasteiger partial charge in [0.05, 0.1) is 16.4 Å². The van der Waals surface area contributed by atoms with Crippen molar-refractivity contribution in [3.05, 3.63) is 24.3 Å². The molecule has 22 heavy (non-hydrogen) atoms. The third-order valence-electron chi connectivity index (χ3n) is 3.44. The molecule has 0 heterocycles. The summed E-state index contributed by atoms with van der Waals surface area (Å²) in [4.78, 5) is 4.11. The Bertz CT molecular complexity index is 566. The predicted octanol–water partition coefficient (Wildman–Crippen LogP) is 4.06. The van der Waals surface area contributed by atoms with Gasteiger partial charge in [0.1, 0.15) is 0 Å². The fourth-order valence-corrected chi connectivity index (χ4v) is 2.66. The summed E-state index contributed by atoms with van der Waals surface area (Å²) >= 11 is 0. The van der Waals surface area contributed by atoms with E-state index < -0.39 is 10.1 Å². The third-order valence-corrected chi connectivity index (χ3v) is 4.31. The van der Waals surface area contributed by atoms with Gasteiger partial charge < -0.3 is 5.73 Å². The topological polar surface area (TPSA) is 92.8 Å². The van der Waals surface area contributed by atoms with Crippen LogP contribution in [0.1, 0.15) is 58.3 Å². The average molecular weight is 326 g/mol. The van der Waals surface area contributed by atoms with Gasteiger partial charge in [-0.05, 0) is 30.7 Å². The molecule has 6 heteroatoms. The van der Waals surface area contributed by atoms with Crippen LogP contribution in [0.5, 0.6) is 0 Å².